The Balaban J connectivity index is 1.90. The highest BCUT2D eigenvalue weighted by atomic mass is 32.2. The van der Waals surface area contributed by atoms with Crippen molar-refractivity contribution in [3.63, 3.8) is 0 Å². The Bertz CT molecular complexity index is 886. The van der Waals surface area contributed by atoms with Crippen LogP contribution in [0, 0.1) is 5.92 Å². The molecule has 7 nitrogen and oxygen atoms in total. The molecule has 4 N–H and O–H groups in total. The van der Waals surface area contributed by atoms with Crippen molar-refractivity contribution in [3.8, 4) is 0 Å². The van der Waals surface area contributed by atoms with Crippen LogP contribution >= 0.6 is 23.1 Å². The van der Waals surface area contributed by atoms with Gasteiger partial charge >= 0.3 is 0 Å². The Morgan fingerprint density at radius 1 is 1.22 bits per heavy atom. The summed E-state index contributed by atoms with van der Waals surface area (Å²) in [6.45, 7) is 6.35. The van der Waals surface area contributed by atoms with Crippen molar-refractivity contribution in [2.45, 2.75) is 43.6 Å². The fraction of sp³-hybridized carbons (Fsp3) is 0.444. The number of hydrogen-bond donors (Lipinski definition) is 3. The molecule has 3 heterocycles. The van der Waals surface area contributed by atoms with Crippen LogP contribution in [0.25, 0.3) is 10.3 Å². The highest BCUT2D eigenvalue weighted by molar-refractivity contribution is 7.99. The van der Waals surface area contributed by atoms with Crippen LogP contribution < -0.4 is 11.1 Å². The number of thioether (sulfide) groups is 1. The van der Waals surface area contributed by atoms with Gasteiger partial charge < -0.3 is 16.2 Å². The molecule has 2 unspecified atom stereocenters. The van der Waals surface area contributed by atoms with Gasteiger partial charge in [0.1, 0.15) is 4.70 Å². The predicted molar refractivity (Wildman–Crippen MR) is 112 cm³/mol. The summed E-state index contributed by atoms with van der Waals surface area (Å²) >= 11 is 2.87. The summed E-state index contributed by atoms with van der Waals surface area (Å²) in [7, 11) is 0. The fourth-order valence-corrected chi connectivity index (χ4v) is 4.33. The molecule has 3 aromatic heterocycles. The number of pyridine rings is 1. The van der Waals surface area contributed by atoms with E-state index < -0.39 is 0 Å². The first-order valence-corrected chi connectivity index (χ1v) is 10.5. The lowest BCUT2D eigenvalue weighted by atomic mass is 10.0. The van der Waals surface area contributed by atoms with Crippen LogP contribution in [0.1, 0.15) is 38.1 Å². The summed E-state index contributed by atoms with van der Waals surface area (Å²) in [5.41, 5.74) is 7.43. The Kier molecular flexibility index (Phi) is 6.46. The molecular formula is C18H24N6OS2. The molecule has 0 aromatic carbocycles. The molecule has 0 amide bonds. The maximum Gasteiger partial charge on any atom is 0.192 e. The molecule has 0 aliphatic carbocycles. The van der Waals surface area contributed by atoms with Crippen LogP contribution in [0.15, 0.2) is 29.6 Å². The molecule has 144 valence electrons. The first-order chi connectivity index (χ1) is 13.0. The summed E-state index contributed by atoms with van der Waals surface area (Å²) in [4.78, 5) is 18.0. The van der Waals surface area contributed by atoms with Crippen LogP contribution in [-0.2, 0) is 0 Å². The summed E-state index contributed by atoms with van der Waals surface area (Å²) in [5.74, 6) is 1.13. The van der Waals surface area contributed by atoms with Gasteiger partial charge in [-0.1, -0.05) is 43.0 Å². The lowest BCUT2D eigenvalue weighted by Gasteiger charge is -2.19. The molecule has 0 bridgehead atoms. The second-order valence-corrected chi connectivity index (χ2v) is 9.07. The van der Waals surface area contributed by atoms with Crippen molar-refractivity contribution >= 4 is 44.4 Å². The SMILES string of the molecule is CC(C)CC(CO)Nc1nc(SC(C)c2ccccn2)nc2nc(N)sc12. The minimum Gasteiger partial charge on any atom is -0.394 e. The average molecular weight is 405 g/mol. The second kappa shape index (κ2) is 8.81. The van der Waals surface area contributed by atoms with E-state index >= 15 is 0 Å². The number of anilines is 2. The standard InChI is InChI=1S/C18H24N6OS2/c1-10(2)8-12(9-25)21-15-14-16(22-17(19)27-14)24-18(23-15)26-11(3)13-6-4-5-7-20-13/h4-7,10-12,25H,8-9H2,1-3H3,(H3,19,21,22,23,24). The van der Waals surface area contributed by atoms with Gasteiger partial charge in [0.05, 0.1) is 23.6 Å². The molecule has 0 saturated carbocycles. The molecule has 3 aromatic rings. The number of aromatic nitrogens is 4. The van der Waals surface area contributed by atoms with Gasteiger partial charge in [0.15, 0.2) is 21.8 Å². The zero-order chi connectivity index (χ0) is 19.4. The van der Waals surface area contributed by atoms with Crippen molar-refractivity contribution < 1.29 is 5.11 Å². The van der Waals surface area contributed by atoms with Gasteiger partial charge in [-0.3, -0.25) is 4.98 Å². The smallest absolute Gasteiger partial charge is 0.192 e. The van der Waals surface area contributed by atoms with E-state index in [9.17, 15) is 5.11 Å². The molecule has 0 spiro atoms. The molecule has 2 atom stereocenters. The maximum absolute atomic E-state index is 9.72. The van der Waals surface area contributed by atoms with Crippen molar-refractivity contribution in [2.24, 2.45) is 5.92 Å². The van der Waals surface area contributed by atoms with E-state index in [0.29, 0.717) is 27.7 Å². The van der Waals surface area contributed by atoms with E-state index in [0.717, 1.165) is 16.8 Å². The molecule has 9 heteroatoms. The molecule has 0 radical (unpaired) electrons. The third kappa shape index (κ3) is 5.06. The summed E-state index contributed by atoms with van der Waals surface area (Å²) in [6, 6.07) is 5.76. The van der Waals surface area contributed by atoms with Gasteiger partial charge in [-0.15, -0.1) is 0 Å². The fourth-order valence-electron chi connectivity index (χ4n) is 2.75. The molecule has 27 heavy (non-hydrogen) atoms. The van der Waals surface area contributed by atoms with Crippen LogP contribution in [0.4, 0.5) is 10.9 Å². The molecule has 0 aliphatic heterocycles. The minimum atomic E-state index is -0.0857. The van der Waals surface area contributed by atoms with E-state index in [2.05, 4.69) is 41.0 Å². The average Bonchev–Trinajstić information content (AvgIpc) is 3.02. The van der Waals surface area contributed by atoms with E-state index in [1.807, 2.05) is 18.2 Å². The van der Waals surface area contributed by atoms with Crippen molar-refractivity contribution in [3.05, 3.63) is 30.1 Å². The van der Waals surface area contributed by atoms with Gasteiger partial charge in [0.2, 0.25) is 0 Å². The second-order valence-electron chi connectivity index (χ2n) is 6.73. The molecule has 0 fully saturated rings. The Hall–Kier alpha value is -1.97. The van der Waals surface area contributed by atoms with Gasteiger partial charge in [0, 0.05) is 6.20 Å². The molecule has 0 saturated heterocycles. The van der Waals surface area contributed by atoms with E-state index in [1.54, 1.807) is 6.20 Å². The number of nitrogens with one attached hydrogen (secondary N) is 1. The third-order valence-corrected chi connectivity index (χ3v) is 5.82. The number of aliphatic hydroxyl groups is 1. The molecule has 3 rings (SSSR count). The zero-order valence-corrected chi connectivity index (χ0v) is 17.2. The van der Waals surface area contributed by atoms with Crippen LogP contribution in [0.3, 0.4) is 0 Å². The van der Waals surface area contributed by atoms with Gasteiger partial charge in [0.25, 0.3) is 0 Å². The Morgan fingerprint density at radius 3 is 2.70 bits per heavy atom. The Morgan fingerprint density at radius 2 is 2.04 bits per heavy atom. The van der Waals surface area contributed by atoms with Crippen molar-refractivity contribution in [1.29, 1.82) is 0 Å². The minimum absolute atomic E-state index is 0.0325. The lowest BCUT2D eigenvalue weighted by Crippen LogP contribution is -2.26. The van der Waals surface area contributed by atoms with Gasteiger partial charge in [-0.05, 0) is 31.4 Å². The number of aliphatic hydroxyl groups excluding tert-OH is 1. The quantitative estimate of drug-likeness (QED) is 0.385. The zero-order valence-electron chi connectivity index (χ0n) is 15.6. The highest BCUT2D eigenvalue weighted by Crippen LogP contribution is 2.36. The van der Waals surface area contributed by atoms with Crippen LogP contribution in [0.2, 0.25) is 0 Å². The number of hydrogen-bond acceptors (Lipinski definition) is 9. The molecular weight excluding hydrogens is 380 g/mol. The highest BCUT2D eigenvalue weighted by Gasteiger charge is 2.19. The summed E-state index contributed by atoms with van der Waals surface area (Å²) in [5, 5.41) is 14.2. The van der Waals surface area contributed by atoms with Gasteiger partial charge in [-0.2, -0.15) is 0 Å². The van der Waals surface area contributed by atoms with Crippen molar-refractivity contribution in [1.82, 2.24) is 19.9 Å². The first kappa shape index (κ1) is 19.8. The van der Waals surface area contributed by atoms with Crippen LogP contribution in [0.5, 0.6) is 0 Å². The third-order valence-electron chi connectivity index (χ3n) is 3.95. The Labute approximate surface area is 166 Å². The summed E-state index contributed by atoms with van der Waals surface area (Å²) in [6.07, 6.45) is 2.62. The normalized spacial score (nSPS) is 13.8. The predicted octanol–water partition coefficient (Wildman–Crippen LogP) is 3.74. The number of rotatable bonds is 8. The van der Waals surface area contributed by atoms with E-state index in [1.165, 1.54) is 23.1 Å². The van der Waals surface area contributed by atoms with E-state index in [4.69, 9.17) is 10.7 Å². The summed E-state index contributed by atoms with van der Waals surface area (Å²) < 4.78 is 0.810. The first-order valence-electron chi connectivity index (χ1n) is 8.85. The van der Waals surface area contributed by atoms with Crippen LogP contribution in [-0.4, -0.2) is 37.7 Å². The largest absolute Gasteiger partial charge is 0.394 e. The molecule has 0 aliphatic rings. The topological polar surface area (TPSA) is 110 Å². The lowest BCUT2D eigenvalue weighted by molar-refractivity contribution is 0.259. The number of nitrogens with zero attached hydrogens (tertiary/aromatic N) is 4. The van der Waals surface area contributed by atoms with Gasteiger partial charge in [-0.25, -0.2) is 15.0 Å². The van der Waals surface area contributed by atoms with E-state index in [-0.39, 0.29) is 17.9 Å². The monoisotopic (exact) mass is 404 g/mol. The number of thiazole rings is 1. The number of nitrogens with two attached hydrogens (primary N) is 1. The maximum atomic E-state index is 9.72. The number of nitrogen functional groups attached to an aromatic ring is 1. The van der Waals surface area contributed by atoms with Crippen molar-refractivity contribution in [2.75, 3.05) is 17.7 Å². The number of fused-ring (bicyclic) bond motifs is 1.